The molecular formula is C11H19NO3. The van der Waals surface area contributed by atoms with Gasteiger partial charge in [0, 0.05) is 26.4 Å². The molecule has 0 unspecified atom stereocenters. The highest BCUT2D eigenvalue weighted by molar-refractivity contribution is 5.73. The number of piperidine rings is 1. The van der Waals surface area contributed by atoms with Gasteiger partial charge in [0.15, 0.2) is 0 Å². The summed E-state index contributed by atoms with van der Waals surface area (Å²) in [6, 6.07) is 0. The van der Waals surface area contributed by atoms with Crippen LogP contribution in [0.25, 0.3) is 0 Å². The van der Waals surface area contributed by atoms with Gasteiger partial charge in [0.2, 0.25) is 5.91 Å². The van der Waals surface area contributed by atoms with Gasteiger partial charge in [-0.15, -0.1) is 0 Å². The minimum absolute atomic E-state index is 0.135. The Bertz CT molecular complexity index is 232. The summed E-state index contributed by atoms with van der Waals surface area (Å²) >= 11 is 0. The van der Waals surface area contributed by atoms with E-state index >= 15 is 0 Å². The first-order chi connectivity index (χ1) is 7.13. The van der Waals surface area contributed by atoms with E-state index in [9.17, 15) is 9.59 Å². The zero-order chi connectivity index (χ0) is 11.3. The van der Waals surface area contributed by atoms with Crippen molar-refractivity contribution in [1.82, 2.24) is 4.90 Å². The van der Waals surface area contributed by atoms with Gasteiger partial charge >= 0.3 is 5.97 Å². The van der Waals surface area contributed by atoms with Crippen LogP contribution in [0, 0.1) is 5.92 Å². The summed E-state index contributed by atoms with van der Waals surface area (Å²) in [5, 5.41) is 0. The van der Waals surface area contributed by atoms with E-state index < -0.39 is 0 Å². The van der Waals surface area contributed by atoms with Gasteiger partial charge in [0.1, 0.15) is 0 Å². The number of amides is 1. The lowest BCUT2D eigenvalue weighted by Gasteiger charge is -2.31. The minimum atomic E-state index is -0.135. The van der Waals surface area contributed by atoms with E-state index in [1.165, 1.54) is 7.11 Å². The fourth-order valence-corrected chi connectivity index (χ4v) is 1.96. The number of hydrogen-bond acceptors (Lipinski definition) is 3. The third-order valence-corrected chi connectivity index (χ3v) is 3.04. The van der Waals surface area contributed by atoms with E-state index in [0.717, 1.165) is 32.4 Å². The second-order valence-electron chi connectivity index (χ2n) is 4.06. The Labute approximate surface area is 90.6 Å². The first-order valence-corrected chi connectivity index (χ1v) is 5.45. The van der Waals surface area contributed by atoms with Gasteiger partial charge in [-0.2, -0.15) is 0 Å². The van der Waals surface area contributed by atoms with Gasteiger partial charge in [-0.25, -0.2) is 0 Å². The molecule has 0 atom stereocenters. The maximum atomic E-state index is 11.1. The third kappa shape index (κ3) is 3.90. The van der Waals surface area contributed by atoms with E-state index in [0.29, 0.717) is 12.3 Å². The first-order valence-electron chi connectivity index (χ1n) is 5.45. The topological polar surface area (TPSA) is 46.6 Å². The molecule has 0 saturated carbocycles. The lowest BCUT2D eigenvalue weighted by atomic mass is 9.92. The maximum Gasteiger partial charge on any atom is 0.305 e. The van der Waals surface area contributed by atoms with Crippen LogP contribution in [-0.2, 0) is 14.3 Å². The Balaban J connectivity index is 2.20. The number of likely N-dealkylation sites (tertiary alicyclic amines) is 1. The molecule has 15 heavy (non-hydrogen) atoms. The van der Waals surface area contributed by atoms with Crippen LogP contribution >= 0.6 is 0 Å². The quantitative estimate of drug-likeness (QED) is 0.662. The Hall–Kier alpha value is -1.06. The van der Waals surface area contributed by atoms with Crippen LogP contribution in [-0.4, -0.2) is 37.0 Å². The summed E-state index contributed by atoms with van der Waals surface area (Å²) in [7, 11) is 1.42. The maximum absolute atomic E-state index is 11.1. The molecule has 0 bridgehead atoms. The van der Waals surface area contributed by atoms with Gasteiger partial charge in [-0.3, -0.25) is 9.59 Å². The standard InChI is InChI=1S/C11H19NO3/c1-9(13)12-7-5-10(6-8-12)3-4-11(14)15-2/h10H,3-8H2,1-2H3. The van der Waals surface area contributed by atoms with Crippen molar-refractivity contribution in [2.75, 3.05) is 20.2 Å². The number of carbonyl (C=O) groups excluding carboxylic acids is 2. The van der Waals surface area contributed by atoms with Crippen molar-refractivity contribution >= 4 is 11.9 Å². The highest BCUT2D eigenvalue weighted by Crippen LogP contribution is 2.21. The molecule has 0 aromatic heterocycles. The Morgan fingerprint density at radius 2 is 1.93 bits per heavy atom. The highest BCUT2D eigenvalue weighted by Gasteiger charge is 2.21. The van der Waals surface area contributed by atoms with Crippen LogP contribution in [0.2, 0.25) is 0 Å². The van der Waals surface area contributed by atoms with Crippen LogP contribution in [0.15, 0.2) is 0 Å². The largest absolute Gasteiger partial charge is 0.469 e. The van der Waals surface area contributed by atoms with Gasteiger partial charge in [-0.1, -0.05) is 0 Å². The highest BCUT2D eigenvalue weighted by atomic mass is 16.5. The number of nitrogens with zero attached hydrogens (tertiary/aromatic N) is 1. The molecule has 4 nitrogen and oxygen atoms in total. The van der Waals surface area contributed by atoms with Gasteiger partial charge in [-0.05, 0) is 25.2 Å². The molecule has 4 heteroatoms. The second-order valence-corrected chi connectivity index (χ2v) is 4.06. The van der Waals surface area contributed by atoms with Gasteiger partial charge < -0.3 is 9.64 Å². The van der Waals surface area contributed by atoms with Crippen molar-refractivity contribution in [1.29, 1.82) is 0 Å². The van der Waals surface area contributed by atoms with Gasteiger partial charge in [0.05, 0.1) is 7.11 Å². The fraction of sp³-hybridized carbons (Fsp3) is 0.818. The molecule has 1 fully saturated rings. The number of rotatable bonds is 3. The second kappa shape index (κ2) is 5.73. The van der Waals surface area contributed by atoms with Crippen LogP contribution in [0.1, 0.15) is 32.6 Å². The average Bonchev–Trinajstić information content (AvgIpc) is 2.26. The van der Waals surface area contributed by atoms with Crippen molar-refractivity contribution in [3.05, 3.63) is 0 Å². The van der Waals surface area contributed by atoms with Crippen molar-refractivity contribution in [3.63, 3.8) is 0 Å². The predicted molar refractivity (Wildman–Crippen MR) is 56.2 cm³/mol. The van der Waals surface area contributed by atoms with Crippen molar-refractivity contribution < 1.29 is 14.3 Å². The molecule has 1 rings (SSSR count). The molecular weight excluding hydrogens is 194 g/mol. The zero-order valence-electron chi connectivity index (χ0n) is 9.49. The SMILES string of the molecule is COC(=O)CCC1CCN(C(C)=O)CC1. The summed E-state index contributed by atoms with van der Waals surface area (Å²) in [6.07, 6.45) is 3.41. The van der Waals surface area contributed by atoms with Crippen molar-refractivity contribution in [2.24, 2.45) is 5.92 Å². The first kappa shape index (κ1) is 12.0. The normalized spacial score (nSPS) is 17.6. The molecule has 1 amide bonds. The predicted octanol–water partition coefficient (Wildman–Crippen LogP) is 1.20. The summed E-state index contributed by atoms with van der Waals surface area (Å²) in [5.74, 6) is 0.588. The Morgan fingerprint density at radius 3 is 2.40 bits per heavy atom. The van der Waals surface area contributed by atoms with Crippen molar-refractivity contribution in [3.8, 4) is 0 Å². The number of methoxy groups -OCH3 is 1. The smallest absolute Gasteiger partial charge is 0.305 e. The molecule has 86 valence electrons. The van der Waals surface area contributed by atoms with Crippen LogP contribution in [0.3, 0.4) is 0 Å². The molecule has 0 spiro atoms. The zero-order valence-corrected chi connectivity index (χ0v) is 9.49. The fourth-order valence-electron chi connectivity index (χ4n) is 1.96. The van der Waals surface area contributed by atoms with E-state index in [4.69, 9.17) is 0 Å². The lowest BCUT2D eigenvalue weighted by molar-refractivity contribution is -0.141. The minimum Gasteiger partial charge on any atom is -0.469 e. The third-order valence-electron chi connectivity index (χ3n) is 3.04. The molecule has 0 radical (unpaired) electrons. The van der Waals surface area contributed by atoms with Crippen LogP contribution in [0.5, 0.6) is 0 Å². The number of ether oxygens (including phenoxy) is 1. The summed E-state index contributed by atoms with van der Waals surface area (Å²) in [5.41, 5.74) is 0. The van der Waals surface area contributed by atoms with Gasteiger partial charge in [0.25, 0.3) is 0 Å². The monoisotopic (exact) mass is 213 g/mol. The Morgan fingerprint density at radius 1 is 1.33 bits per heavy atom. The van der Waals surface area contributed by atoms with Crippen LogP contribution < -0.4 is 0 Å². The van der Waals surface area contributed by atoms with Crippen LogP contribution in [0.4, 0.5) is 0 Å². The lowest BCUT2D eigenvalue weighted by Crippen LogP contribution is -2.37. The molecule has 1 heterocycles. The van der Waals surface area contributed by atoms with E-state index in [2.05, 4.69) is 4.74 Å². The van der Waals surface area contributed by atoms with E-state index in [1.54, 1.807) is 6.92 Å². The molecule has 0 aromatic carbocycles. The number of carbonyl (C=O) groups is 2. The van der Waals surface area contributed by atoms with Crippen molar-refractivity contribution in [2.45, 2.75) is 32.6 Å². The number of hydrogen-bond donors (Lipinski definition) is 0. The molecule has 1 aliphatic heterocycles. The summed E-state index contributed by atoms with van der Waals surface area (Å²) in [4.78, 5) is 23.9. The molecule has 1 saturated heterocycles. The van der Waals surface area contributed by atoms with E-state index in [1.807, 2.05) is 4.90 Å². The Kier molecular flexibility index (Phi) is 4.59. The molecule has 0 aromatic rings. The average molecular weight is 213 g/mol. The molecule has 1 aliphatic rings. The molecule has 0 N–H and O–H groups in total. The summed E-state index contributed by atoms with van der Waals surface area (Å²) < 4.78 is 4.60. The molecule has 0 aliphatic carbocycles. The number of esters is 1. The van der Waals surface area contributed by atoms with E-state index in [-0.39, 0.29) is 11.9 Å². The summed E-state index contributed by atoms with van der Waals surface area (Å²) in [6.45, 7) is 3.27.